The molecule has 0 unspecified atom stereocenters. The van der Waals surface area contributed by atoms with Gasteiger partial charge in [-0.1, -0.05) is 13.3 Å². The molecule has 0 radical (unpaired) electrons. The van der Waals surface area contributed by atoms with Crippen molar-refractivity contribution < 1.29 is 9.53 Å². The molecule has 0 aliphatic heterocycles. The van der Waals surface area contributed by atoms with Crippen molar-refractivity contribution in [1.82, 2.24) is 0 Å². The highest BCUT2D eigenvalue weighted by Crippen LogP contribution is 2.23. The molecule has 68 valence electrons. The normalized spacial score (nSPS) is 17.3. The minimum atomic E-state index is 0.184. The highest BCUT2D eigenvalue weighted by Gasteiger charge is 2.21. The Labute approximate surface area is 73.6 Å². The number of carbonyl (C=O) groups excluding carboxylic acids is 1. The molecule has 0 saturated carbocycles. The average molecular weight is 168 g/mol. The van der Waals surface area contributed by atoms with Crippen molar-refractivity contribution >= 4 is 5.78 Å². The SMILES string of the molecule is CCCCOC1=C(C)CCC1=O. The van der Waals surface area contributed by atoms with Gasteiger partial charge in [0.15, 0.2) is 11.5 Å². The lowest BCUT2D eigenvalue weighted by atomic mass is 10.3. The number of hydrogen-bond donors (Lipinski definition) is 0. The Morgan fingerprint density at radius 3 is 2.67 bits per heavy atom. The van der Waals surface area contributed by atoms with Gasteiger partial charge in [0.25, 0.3) is 0 Å². The van der Waals surface area contributed by atoms with Crippen molar-refractivity contribution in [3.05, 3.63) is 11.3 Å². The molecule has 2 nitrogen and oxygen atoms in total. The summed E-state index contributed by atoms with van der Waals surface area (Å²) < 4.78 is 5.40. The van der Waals surface area contributed by atoms with Gasteiger partial charge in [0.2, 0.25) is 0 Å². The molecule has 2 heteroatoms. The minimum absolute atomic E-state index is 0.184. The fourth-order valence-corrected chi connectivity index (χ4v) is 1.29. The summed E-state index contributed by atoms with van der Waals surface area (Å²) in [4.78, 5) is 11.2. The van der Waals surface area contributed by atoms with E-state index in [1.165, 1.54) is 0 Å². The third-order valence-electron chi connectivity index (χ3n) is 2.11. The van der Waals surface area contributed by atoms with Crippen LogP contribution in [0.25, 0.3) is 0 Å². The Morgan fingerprint density at radius 2 is 2.17 bits per heavy atom. The number of carbonyl (C=O) groups is 1. The summed E-state index contributed by atoms with van der Waals surface area (Å²) >= 11 is 0. The van der Waals surface area contributed by atoms with Crippen LogP contribution in [0.3, 0.4) is 0 Å². The maximum absolute atomic E-state index is 11.2. The lowest BCUT2D eigenvalue weighted by molar-refractivity contribution is -0.118. The Balaban J connectivity index is 2.39. The van der Waals surface area contributed by atoms with E-state index in [1.54, 1.807) is 0 Å². The van der Waals surface area contributed by atoms with Crippen molar-refractivity contribution in [1.29, 1.82) is 0 Å². The third-order valence-corrected chi connectivity index (χ3v) is 2.11. The van der Waals surface area contributed by atoms with Crippen LogP contribution in [0.1, 0.15) is 39.5 Å². The number of Topliss-reactive ketones (excluding diaryl/α,β-unsaturated/α-hetero) is 1. The summed E-state index contributed by atoms with van der Waals surface area (Å²) in [5.41, 5.74) is 1.12. The first-order valence-electron chi connectivity index (χ1n) is 4.61. The summed E-state index contributed by atoms with van der Waals surface area (Å²) in [5, 5.41) is 0. The van der Waals surface area contributed by atoms with Crippen LogP contribution in [0.15, 0.2) is 11.3 Å². The summed E-state index contributed by atoms with van der Waals surface area (Å²) in [6.07, 6.45) is 3.68. The Hall–Kier alpha value is -0.790. The molecule has 0 atom stereocenters. The second kappa shape index (κ2) is 4.29. The van der Waals surface area contributed by atoms with E-state index in [-0.39, 0.29) is 5.78 Å². The predicted octanol–water partition coefficient (Wildman–Crippen LogP) is 2.44. The molecule has 12 heavy (non-hydrogen) atoms. The predicted molar refractivity (Wildman–Crippen MR) is 47.8 cm³/mol. The lowest BCUT2D eigenvalue weighted by Gasteiger charge is -2.05. The smallest absolute Gasteiger partial charge is 0.197 e. The lowest BCUT2D eigenvalue weighted by Crippen LogP contribution is -2.02. The van der Waals surface area contributed by atoms with Crippen molar-refractivity contribution in [2.75, 3.05) is 6.61 Å². The van der Waals surface area contributed by atoms with Crippen molar-refractivity contribution in [2.24, 2.45) is 0 Å². The van der Waals surface area contributed by atoms with Gasteiger partial charge in [0.05, 0.1) is 6.61 Å². The Kier molecular flexibility index (Phi) is 3.32. The number of hydrogen-bond acceptors (Lipinski definition) is 2. The van der Waals surface area contributed by atoms with E-state index < -0.39 is 0 Å². The van der Waals surface area contributed by atoms with E-state index in [0.717, 1.165) is 24.8 Å². The topological polar surface area (TPSA) is 26.3 Å². The van der Waals surface area contributed by atoms with Gasteiger partial charge in [0.1, 0.15) is 0 Å². The Bertz CT molecular complexity index is 204. The standard InChI is InChI=1S/C10H16O2/c1-3-4-7-12-10-8(2)5-6-9(10)11/h3-7H2,1-2H3. The van der Waals surface area contributed by atoms with Gasteiger partial charge in [0, 0.05) is 6.42 Å². The fraction of sp³-hybridized carbons (Fsp3) is 0.700. The zero-order valence-corrected chi connectivity index (χ0v) is 7.85. The molecule has 0 N–H and O–H groups in total. The van der Waals surface area contributed by atoms with E-state index in [2.05, 4.69) is 6.92 Å². The van der Waals surface area contributed by atoms with Gasteiger partial charge in [-0.15, -0.1) is 0 Å². The first-order chi connectivity index (χ1) is 5.75. The minimum Gasteiger partial charge on any atom is -0.490 e. The molecule has 1 rings (SSSR count). The van der Waals surface area contributed by atoms with Crippen LogP contribution in [0, 0.1) is 0 Å². The van der Waals surface area contributed by atoms with E-state index >= 15 is 0 Å². The number of rotatable bonds is 4. The molecule has 0 amide bonds. The highest BCUT2D eigenvalue weighted by molar-refractivity contribution is 5.96. The second-order valence-electron chi connectivity index (χ2n) is 3.23. The first kappa shape index (κ1) is 9.30. The van der Waals surface area contributed by atoms with Crippen LogP contribution >= 0.6 is 0 Å². The van der Waals surface area contributed by atoms with Crippen LogP contribution in [-0.2, 0) is 9.53 Å². The number of ether oxygens (including phenoxy) is 1. The van der Waals surface area contributed by atoms with Gasteiger partial charge in [-0.3, -0.25) is 4.79 Å². The zero-order valence-electron chi connectivity index (χ0n) is 7.85. The van der Waals surface area contributed by atoms with Gasteiger partial charge in [-0.25, -0.2) is 0 Å². The van der Waals surface area contributed by atoms with Crippen LogP contribution in [-0.4, -0.2) is 12.4 Å². The van der Waals surface area contributed by atoms with E-state index in [0.29, 0.717) is 18.8 Å². The molecule has 1 aliphatic rings. The molecule has 0 fully saturated rings. The third kappa shape index (κ3) is 2.10. The van der Waals surface area contributed by atoms with Gasteiger partial charge in [-0.05, 0) is 25.3 Å². The molecule has 0 aromatic carbocycles. The number of ketones is 1. The summed E-state index contributed by atoms with van der Waals surface area (Å²) in [6, 6.07) is 0. The maximum Gasteiger partial charge on any atom is 0.197 e. The van der Waals surface area contributed by atoms with Crippen molar-refractivity contribution in [3.8, 4) is 0 Å². The molecular formula is C10H16O2. The molecule has 0 saturated heterocycles. The molecule has 0 bridgehead atoms. The van der Waals surface area contributed by atoms with E-state index in [4.69, 9.17) is 4.74 Å². The molecule has 0 heterocycles. The van der Waals surface area contributed by atoms with E-state index in [9.17, 15) is 4.79 Å². The highest BCUT2D eigenvalue weighted by atomic mass is 16.5. The fourth-order valence-electron chi connectivity index (χ4n) is 1.29. The van der Waals surface area contributed by atoms with Crippen LogP contribution in [0.5, 0.6) is 0 Å². The van der Waals surface area contributed by atoms with Crippen LogP contribution < -0.4 is 0 Å². The monoisotopic (exact) mass is 168 g/mol. The first-order valence-corrected chi connectivity index (χ1v) is 4.61. The number of unbranched alkanes of at least 4 members (excludes halogenated alkanes) is 1. The zero-order chi connectivity index (χ0) is 8.97. The van der Waals surface area contributed by atoms with Gasteiger partial charge >= 0.3 is 0 Å². The Morgan fingerprint density at radius 1 is 1.42 bits per heavy atom. The molecule has 0 spiro atoms. The summed E-state index contributed by atoms with van der Waals surface area (Å²) in [7, 11) is 0. The molecule has 1 aliphatic carbocycles. The molecule has 0 aromatic rings. The summed E-state index contributed by atoms with van der Waals surface area (Å²) in [5.74, 6) is 0.826. The quantitative estimate of drug-likeness (QED) is 0.603. The van der Waals surface area contributed by atoms with Crippen LogP contribution in [0.2, 0.25) is 0 Å². The largest absolute Gasteiger partial charge is 0.490 e. The van der Waals surface area contributed by atoms with Gasteiger partial charge in [-0.2, -0.15) is 0 Å². The summed E-state index contributed by atoms with van der Waals surface area (Å²) in [6.45, 7) is 4.78. The van der Waals surface area contributed by atoms with Crippen LogP contribution in [0.4, 0.5) is 0 Å². The van der Waals surface area contributed by atoms with Crippen molar-refractivity contribution in [3.63, 3.8) is 0 Å². The molecule has 0 aromatic heterocycles. The van der Waals surface area contributed by atoms with E-state index in [1.807, 2.05) is 6.92 Å². The number of allylic oxidation sites excluding steroid dienone is 2. The van der Waals surface area contributed by atoms with Crippen molar-refractivity contribution in [2.45, 2.75) is 39.5 Å². The van der Waals surface area contributed by atoms with Gasteiger partial charge < -0.3 is 4.74 Å². The molecular weight excluding hydrogens is 152 g/mol. The second-order valence-corrected chi connectivity index (χ2v) is 3.23. The maximum atomic E-state index is 11.2. The average Bonchev–Trinajstić information content (AvgIpc) is 2.35.